The summed E-state index contributed by atoms with van der Waals surface area (Å²) in [5, 5.41) is 2.01. The van der Waals surface area contributed by atoms with Crippen LogP contribution in [0.4, 0.5) is 0 Å². The highest BCUT2D eigenvalue weighted by molar-refractivity contribution is 7.10. The minimum absolute atomic E-state index is 0.0811. The highest BCUT2D eigenvalue weighted by Gasteiger charge is 2.25. The molecule has 2 amide bonds. The molecule has 6 heteroatoms. The van der Waals surface area contributed by atoms with E-state index in [1.807, 2.05) is 40.3 Å². The van der Waals surface area contributed by atoms with Gasteiger partial charge in [-0.25, -0.2) is 0 Å². The molecule has 1 aromatic heterocycles. The van der Waals surface area contributed by atoms with Crippen LogP contribution in [0.1, 0.15) is 31.1 Å². The molecule has 5 nitrogen and oxygen atoms in total. The zero-order valence-electron chi connectivity index (χ0n) is 14.9. The van der Waals surface area contributed by atoms with Gasteiger partial charge in [-0.05, 0) is 50.4 Å². The van der Waals surface area contributed by atoms with Crippen LogP contribution < -0.4 is 0 Å². The first-order valence-electron chi connectivity index (χ1n) is 9.15. The van der Waals surface area contributed by atoms with Crippen LogP contribution in [0.5, 0.6) is 0 Å². The molecule has 2 aliphatic heterocycles. The SMILES string of the molecule is C/C(=C\c1cccs1)C(=O)N1CCN(C(=O)CCN2CCCC2)CC1. The van der Waals surface area contributed by atoms with Crippen molar-refractivity contribution in [2.24, 2.45) is 0 Å². The Morgan fingerprint density at radius 1 is 1.08 bits per heavy atom. The van der Waals surface area contributed by atoms with Crippen LogP contribution in [-0.2, 0) is 9.59 Å². The monoisotopic (exact) mass is 361 g/mol. The molecular weight excluding hydrogens is 334 g/mol. The Kier molecular flexibility index (Phi) is 6.26. The van der Waals surface area contributed by atoms with E-state index in [-0.39, 0.29) is 11.8 Å². The van der Waals surface area contributed by atoms with Crippen molar-refractivity contribution in [1.82, 2.24) is 14.7 Å². The lowest BCUT2D eigenvalue weighted by molar-refractivity contribution is -0.137. The van der Waals surface area contributed by atoms with Crippen LogP contribution in [0, 0.1) is 0 Å². The van der Waals surface area contributed by atoms with Crippen LogP contribution in [-0.4, -0.2) is 72.3 Å². The maximum atomic E-state index is 12.6. The van der Waals surface area contributed by atoms with E-state index in [0.717, 1.165) is 30.1 Å². The van der Waals surface area contributed by atoms with Gasteiger partial charge in [-0.15, -0.1) is 11.3 Å². The van der Waals surface area contributed by atoms with Crippen molar-refractivity contribution in [3.05, 3.63) is 28.0 Å². The Hall–Kier alpha value is -1.66. The largest absolute Gasteiger partial charge is 0.339 e. The van der Waals surface area contributed by atoms with Gasteiger partial charge < -0.3 is 14.7 Å². The minimum atomic E-state index is 0.0811. The average molecular weight is 362 g/mol. The third kappa shape index (κ3) is 4.92. The highest BCUT2D eigenvalue weighted by atomic mass is 32.1. The van der Waals surface area contributed by atoms with Gasteiger partial charge in [0.2, 0.25) is 11.8 Å². The van der Waals surface area contributed by atoms with Crippen LogP contribution in [0.15, 0.2) is 23.1 Å². The molecular formula is C19H27N3O2S. The van der Waals surface area contributed by atoms with Gasteiger partial charge in [0, 0.05) is 49.6 Å². The summed E-state index contributed by atoms with van der Waals surface area (Å²) >= 11 is 1.63. The van der Waals surface area contributed by atoms with Crippen molar-refractivity contribution in [3.63, 3.8) is 0 Å². The number of carbonyl (C=O) groups is 2. The fourth-order valence-corrected chi connectivity index (χ4v) is 4.19. The molecule has 0 radical (unpaired) electrons. The quantitative estimate of drug-likeness (QED) is 0.756. The van der Waals surface area contributed by atoms with Gasteiger partial charge in [0.05, 0.1) is 0 Å². The van der Waals surface area contributed by atoms with Crippen molar-refractivity contribution in [2.45, 2.75) is 26.2 Å². The van der Waals surface area contributed by atoms with Gasteiger partial charge in [0.25, 0.3) is 0 Å². The molecule has 25 heavy (non-hydrogen) atoms. The summed E-state index contributed by atoms with van der Waals surface area (Å²) in [6.07, 6.45) is 5.06. The van der Waals surface area contributed by atoms with Gasteiger partial charge in [-0.1, -0.05) is 6.07 Å². The fraction of sp³-hybridized carbons (Fsp3) is 0.579. The molecule has 2 aliphatic rings. The summed E-state index contributed by atoms with van der Waals surface area (Å²) in [6.45, 7) is 7.56. The number of nitrogens with zero attached hydrogens (tertiary/aromatic N) is 3. The molecule has 0 aliphatic carbocycles. The lowest BCUT2D eigenvalue weighted by Crippen LogP contribution is -2.51. The third-order valence-corrected chi connectivity index (χ3v) is 5.82. The molecule has 0 atom stereocenters. The molecule has 0 unspecified atom stereocenters. The summed E-state index contributed by atoms with van der Waals surface area (Å²) in [5.74, 6) is 0.308. The summed E-state index contributed by atoms with van der Waals surface area (Å²) < 4.78 is 0. The predicted molar refractivity (Wildman–Crippen MR) is 101 cm³/mol. The van der Waals surface area contributed by atoms with Gasteiger partial charge in [-0.2, -0.15) is 0 Å². The second kappa shape index (κ2) is 8.63. The van der Waals surface area contributed by atoms with E-state index >= 15 is 0 Å². The van der Waals surface area contributed by atoms with Crippen molar-refractivity contribution in [3.8, 4) is 0 Å². The predicted octanol–water partition coefficient (Wildman–Crippen LogP) is 2.31. The van der Waals surface area contributed by atoms with E-state index in [1.165, 1.54) is 12.8 Å². The number of carbonyl (C=O) groups excluding carboxylic acids is 2. The molecule has 136 valence electrons. The van der Waals surface area contributed by atoms with Crippen molar-refractivity contribution in [2.75, 3.05) is 45.8 Å². The van der Waals surface area contributed by atoms with Crippen molar-refractivity contribution >= 4 is 29.2 Å². The zero-order chi connectivity index (χ0) is 17.6. The Bertz CT molecular complexity index is 613. The maximum absolute atomic E-state index is 12.6. The topological polar surface area (TPSA) is 43.9 Å². The Balaban J connectivity index is 1.44. The Morgan fingerprint density at radius 3 is 2.40 bits per heavy atom. The van der Waals surface area contributed by atoms with Gasteiger partial charge in [0.15, 0.2) is 0 Å². The maximum Gasteiger partial charge on any atom is 0.249 e. The first kappa shape index (κ1) is 18.1. The first-order valence-corrected chi connectivity index (χ1v) is 10.0. The molecule has 3 rings (SSSR count). The molecule has 2 saturated heterocycles. The van der Waals surface area contributed by atoms with Crippen LogP contribution in [0.25, 0.3) is 6.08 Å². The zero-order valence-corrected chi connectivity index (χ0v) is 15.8. The standard InChI is InChI=1S/C19H27N3O2S/c1-16(15-17-5-4-14-25-17)19(24)22-12-10-21(11-13-22)18(23)6-9-20-7-2-3-8-20/h4-5,14-15H,2-3,6-13H2,1H3/b16-15+. The summed E-state index contributed by atoms with van der Waals surface area (Å²) in [6, 6.07) is 4.00. The lowest BCUT2D eigenvalue weighted by Gasteiger charge is -2.35. The Labute approximate surface area is 153 Å². The second-order valence-corrected chi connectivity index (χ2v) is 7.79. The molecule has 0 spiro atoms. The van der Waals surface area contributed by atoms with Crippen LogP contribution in [0.2, 0.25) is 0 Å². The molecule has 0 aromatic carbocycles. The van der Waals surface area contributed by atoms with E-state index in [4.69, 9.17) is 0 Å². The molecule has 1 aromatic rings. The van der Waals surface area contributed by atoms with Crippen molar-refractivity contribution < 1.29 is 9.59 Å². The average Bonchev–Trinajstić information content (AvgIpc) is 3.33. The molecule has 3 heterocycles. The lowest BCUT2D eigenvalue weighted by atomic mass is 10.2. The molecule has 2 fully saturated rings. The smallest absolute Gasteiger partial charge is 0.249 e. The van der Waals surface area contributed by atoms with Gasteiger partial charge in [0.1, 0.15) is 0 Å². The van der Waals surface area contributed by atoms with E-state index in [9.17, 15) is 9.59 Å². The van der Waals surface area contributed by atoms with Gasteiger partial charge in [-0.3, -0.25) is 9.59 Å². The minimum Gasteiger partial charge on any atom is -0.339 e. The van der Waals surface area contributed by atoms with E-state index < -0.39 is 0 Å². The number of amides is 2. The van der Waals surface area contributed by atoms with E-state index in [2.05, 4.69) is 4.90 Å². The highest BCUT2D eigenvalue weighted by Crippen LogP contribution is 2.16. The number of hydrogen-bond acceptors (Lipinski definition) is 4. The third-order valence-electron chi connectivity index (χ3n) is 5.00. The number of rotatable bonds is 5. The second-order valence-electron chi connectivity index (χ2n) is 6.81. The number of piperazine rings is 1. The summed E-state index contributed by atoms with van der Waals surface area (Å²) in [5.41, 5.74) is 0.760. The molecule has 0 N–H and O–H groups in total. The van der Waals surface area contributed by atoms with E-state index in [1.54, 1.807) is 11.3 Å². The summed E-state index contributed by atoms with van der Waals surface area (Å²) in [4.78, 5) is 32.2. The van der Waals surface area contributed by atoms with Crippen LogP contribution >= 0.6 is 11.3 Å². The fourth-order valence-electron chi connectivity index (χ4n) is 3.47. The van der Waals surface area contributed by atoms with E-state index in [0.29, 0.717) is 32.6 Å². The molecule has 0 saturated carbocycles. The number of thiophene rings is 1. The number of hydrogen-bond donors (Lipinski definition) is 0. The Morgan fingerprint density at radius 2 is 1.76 bits per heavy atom. The number of likely N-dealkylation sites (tertiary alicyclic amines) is 1. The first-order chi connectivity index (χ1) is 12.1. The van der Waals surface area contributed by atoms with Crippen molar-refractivity contribution in [1.29, 1.82) is 0 Å². The molecule has 0 bridgehead atoms. The normalized spacial score (nSPS) is 19.5. The van der Waals surface area contributed by atoms with Gasteiger partial charge >= 0.3 is 0 Å². The van der Waals surface area contributed by atoms with Crippen LogP contribution in [0.3, 0.4) is 0 Å². The summed E-state index contributed by atoms with van der Waals surface area (Å²) in [7, 11) is 0.